The van der Waals surface area contributed by atoms with Crippen molar-refractivity contribution in [2.24, 2.45) is 0 Å². The zero-order chi connectivity index (χ0) is 19.6. The summed E-state index contributed by atoms with van der Waals surface area (Å²) >= 11 is 6.86. The number of hydrogen-bond donors (Lipinski definition) is 3. The zero-order valence-corrected chi connectivity index (χ0v) is 16.1. The van der Waals surface area contributed by atoms with Gasteiger partial charge < -0.3 is 19.6 Å². The molecule has 1 aliphatic rings. The highest BCUT2D eigenvalue weighted by Crippen LogP contribution is 2.20. The van der Waals surface area contributed by atoms with Crippen LogP contribution in [0.4, 0.5) is 4.39 Å². The first kappa shape index (κ1) is 21.5. The molecule has 1 aliphatic heterocycles. The molecule has 2 rings (SSSR count). The molecule has 1 fully saturated rings. The summed E-state index contributed by atoms with van der Waals surface area (Å²) in [5.41, 5.74) is 0.359. The fourth-order valence-electron chi connectivity index (χ4n) is 2.08. The monoisotopic (exact) mass is 417 g/mol. The minimum Gasteiger partial charge on any atom is -0.484 e. The lowest BCUT2D eigenvalue weighted by molar-refractivity contribution is -0.123. The summed E-state index contributed by atoms with van der Waals surface area (Å²) in [6.07, 6.45) is 0.300. The number of rotatable bonds is 9. The predicted octanol–water partition coefficient (Wildman–Crippen LogP) is 1.63. The highest BCUT2D eigenvalue weighted by Gasteiger charge is 2.16. The summed E-state index contributed by atoms with van der Waals surface area (Å²) < 4.78 is 23.7. The number of nitrogens with one attached hydrogen (secondary N) is 3. The van der Waals surface area contributed by atoms with E-state index in [4.69, 9.17) is 20.5 Å². The van der Waals surface area contributed by atoms with Gasteiger partial charge >= 0.3 is 0 Å². The quantitative estimate of drug-likeness (QED) is 0.418. The van der Waals surface area contributed by atoms with Gasteiger partial charge in [0, 0.05) is 43.3 Å². The van der Waals surface area contributed by atoms with Crippen LogP contribution in [-0.2, 0) is 13.8 Å². The second kappa shape index (κ2) is 11.1. The molecular formula is C17H21ClFN3O4S. The molecule has 10 heteroatoms. The maximum atomic E-state index is 13.3. The summed E-state index contributed by atoms with van der Waals surface area (Å²) in [4.78, 5) is 23.7. The van der Waals surface area contributed by atoms with E-state index in [0.29, 0.717) is 25.1 Å². The van der Waals surface area contributed by atoms with Crippen LogP contribution in [0.3, 0.4) is 0 Å². The Hall–Kier alpha value is -1.81. The number of benzene rings is 1. The maximum Gasteiger partial charge on any atom is 0.257 e. The Morgan fingerprint density at radius 1 is 1.44 bits per heavy atom. The van der Waals surface area contributed by atoms with Crippen LogP contribution in [-0.4, -0.2) is 50.0 Å². The number of amides is 2. The molecule has 2 amide bonds. The fraction of sp³-hybridized carbons (Fsp3) is 0.412. The molecule has 0 aliphatic carbocycles. The van der Waals surface area contributed by atoms with Gasteiger partial charge in [-0.3, -0.25) is 14.9 Å². The van der Waals surface area contributed by atoms with Gasteiger partial charge in [0.05, 0.1) is 17.0 Å². The Morgan fingerprint density at radius 3 is 2.96 bits per heavy atom. The molecule has 0 radical (unpaired) electrons. The molecule has 0 spiro atoms. The average Bonchev–Trinajstić information content (AvgIpc) is 2.67. The van der Waals surface area contributed by atoms with Crippen molar-refractivity contribution in [1.29, 1.82) is 0 Å². The standard InChI is InChI=1S/C17H21ClFN3O4S/c1-11(17(24)22-9-16-21-6-7-26-27-16)4-5-20-15(23)10-25-12-2-3-13(18)14(19)8-12/h2-3,8,16,21H,1,4-7,9-10H2,(H,20,23)(H,22,24). The van der Waals surface area contributed by atoms with E-state index in [1.54, 1.807) is 0 Å². The van der Waals surface area contributed by atoms with Crippen LogP contribution in [0, 0.1) is 5.82 Å². The first-order chi connectivity index (χ1) is 13.0. The predicted molar refractivity (Wildman–Crippen MR) is 102 cm³/mol. The number of hydrogen-bond acceptors (Lipinski definition) is 6. The highest BCUT2D eigenvalue weighted by molar-refractivity contribution is 7.95. The molecule has 0 saturated carbocycles. The normalized spacial score (nSPS) is 16.4. The van der Waals surface area contributed by atoms with Gasteiger partial charge in [-0.15, -0.1) is 0 Å². The van der Waals surface area contributed by atoms with Crippen LogP contribution >= 0.6 is 23.6 Å². The number of carbonyl (C=O) groups excluding carboxylic acids is 2. The second-order valence-electron chi connectivity index (χ2n) is 5.64. The third-order valence-corrected chi connectivity index (χ3v) is 4.70. The van der Waals surface area contributed by atoms with E-state index in [2.05, 4.69) is 22.5 Å². The lowest BCUT2D eigenvalue weighted by atomic mass is 10.2. The fourth-order valence-corrected chi connectivity index (χ4v) is 2.87. The number of halogens is 2. The van der Waals surface area contributed by atoms with Gasteiger partial charge in [-0.25, -0.2) is 4.39 Å². The van der Waals surface area contributed by atoms with Crippen molar-refractivity contribution in [2.75, 3.05) is 32.8 Å². The van der Waals surface area contributed by atoms with Crippen molar-refractivity contribution in [3.63, 3.8) is 0 Å². The van der Waals surface area contributed by atoms with Crippen LogP contribution in [0.2, 0.25) is 5.02 Å². The minimum absolute atomic E-state index is 0.00468. The summed E-state index contributed by atoms with van der Waals surface area (Å²) in [5.74, 6) is -1.08. The van der Waals surface area contributed by atoms with Gasteiger partial charge in [0.15, 0.2) is 6.61 Å². The largest absolute Gasteiger partial charge is 0.484 e. The Kier molecular flexibility index (Phi) is 8.86. The molecule has 1 atom stereocenters. The van der Waals surface area contributed by atoms with Gasteiger partial charge in [0.25, 0.3) is 5.91 Å². The Bertz CT molecular complexity index is 686. The van der Waals surface area contributed by atoms with Crippen molar-refractivity contribution in [1.82, 2.24) is 16.0 Å². The van der Waals surface area contributed by atoms with E-state index in [1.807, 2.05) is 0 Å². The average molecular weight is 418 g/mol. The van der Waals surface area contributed by atoms with Crippen molar-refractivity contribution < 1.29 is 22.9 Å². The molecule has 1 unspecified atom stereocenters. The van der Waals surface area contributed by atoms with Crippen LogP contribution in [0.25, 0.3) is 0 Å². The van der Waals surface area contributed by atoms with E-state index < -0.39 is 11.7 Å². The van der Waals surface area contributed by atoms with Gasteiger partial charge in [-0.05, 0) is 18.6 Å². The summed E-state index contributed by atoms with van der Waals surface area (Å²) in [6, 6.07) is 3.92. The molecule has 7 nitrogen and oxygen atoms in total. The van der Waals surface area contributed by atoms with Crippen molar-refractivity contribution in [3.05, 3.63) is 41.2 Å². The highest BCUT2D eigenvalue weighted by atomic mass is 35.5. The molecule has 27 heavy (non-hydrogen) atoms. The maximum absolute atomic E-state index is 13.3. The van der Waals surface area contributed by atoms with Crippen molar-refractivity contribution in [3.8, 4) is 5.75 Å². The van der Waals surface area contributed by atoms with E-state index in [-0.39, 0.29) is 35.2 Å². The summed E-state index contributed by atoms with van der Waals surface area (Å²) in [6.45, 7) is 5.48. The third kappa shape index (κ3) is 7.76. The second-order valence-corrected chi connectivity index (χ2v) is 7.04. The van der Waals surface area contributed by atoms with E-state index >= 15 is 0 Å². The molecule has 3 N–H and O–H groups in total. The van der Waals surface area contributed by atoms with Gasteiger partial charge in [-0.2, -0.15) is 0 Å². The Labute approximate surface area is 166 Å². The Balaban J connectivity index is 1.59. The molecular weight excluding hydrogens is 397 g/mol. The SMILES string of the molecule is C=C(CCNC(=O)COc1ccc(Cl)c(F)c1)C(=O)NCC1NCCOS1. The molecule has 1 aromatic rings. The van der Waals surface area contributed by atoms with Gasteiger partial charge in [-0.1, -0.05) is 18.2 Å². The van der Waals surface area contributed by atoms with Crippen LogP contribution < -0.4 is 20.7 Å². The molecule has 0 bridgehead atoms. The van der Waals surface area contributed by atoms with E-state index in [1.165, 1.54) is 24.2 Å². The van der Waals surface area contributed by atoms with Gasteiger partial charge in [0.2, 0.25) is 5.91 Å². The lowest BCUT2D eigenvalue weighted by Crippen LogP contribution is -2.43. The van der Waals surface area contributed by atoms with Crippen LogP contribution in [0.1, 0.15) is 6.42 Å². The first-order valence-electron chi connectivity index (χ1n) is 8.28. The first-order valence-corrected chi connectivity index (χ1v) is 9.46. The number of ether oxygens (including phenoxy) is 1. The zero-order valence-electron chi connectivity index (χ0n) is 14.6. The van der Waals surface area contributed by atoms with Crippen molar-refractivity contribution >= 4 is 35.5 Å². The van der Waals surface area contributed by atoms with Crippen LogP contribution in [0.15, 0.2) is 30.4 Å². The molecule has 1 heterocycles. The smallest absolute Gasteiger partial charge is 0.257 e. The van der Waals surface area contributed by atoms with E-state index in [9.17, 15) is 14.0 Å². The topological polar surface area (TPSA) is 88.7 Å². The molecule has 1 aromatic carbocycles. The number of carbonyl (C=O) groups is 2. The summed E-state index contributed by atoms with van der Waals surface area (Å²) in [7, 11) is 0. The molecule has 1 saturated heterocycles. The van der Waals surface area contributed by atoms with Gasteiger partial charge in [0.1, 0.15) is 11.6 Å². The molecule has 0 aromatic heterocycles. The lowest BCUT2D eigenvalue weighted by Gasteiger charge is -2.22. The third-order valence-electron chi connectivity index (χ3n) is 3.52. The van der Waals surface area contributed by atoms with E-state index in [0.717, 1.165) is 12.6 Å². The minimum atomic E-state index is -0.620. The van der Waals surface area contributed by atoms with Crippen molar-refractivity contribution in [2.45, 2.75) is 11.8 Å². The Morgan fingerprint density at radius 2 is 2.26 bits per heavy atom. The summed E-state index contributed by atoms with van der Waals surface area (Å²) in [5, 5.41) is 8.55. The molecule has 148 valence electrons. The van der Waals surface area contributed by atoms with Crippen LogP contribution in [0.5, 0.6) is 5.75 Å².